The lowest BCUT2D eigenvalue weighted by Gasteiger charge is -2.09. The minimum Gasteiger partial charge on any atom is -0.289 e. The molecule has 2 nitrogen and oxygen atoms in total. The number of carbonyl (C=O) groups excluding carboxylic acids is 2. The molecule has 118 valence electrons. The summed E-state index contributed by atoms with van der Waals surface area (Å²) < 4.78 is 0. The maximum Gasteiger partial charge on any atom is 0.194 e. The van der Waals surface area contributed by atoms with Crippen molar-refractivity contribution in [2.75, 3.05) is 0 Å². The highest BCUT2D eigenvalue weighted by molar-refractivity contribution is 6.39. The van der Waals surface area contributed by atoms with Crippen LogP contribution in [0.5, 0.6) is 0 Å². The SMILES string of the molecule is O=C(c1ccccc1)c1cc(Cl)c(C(=O)c2ccccc2)cc1Cl. The average molecular weight is 355 g/mol. The highest BCUT2D eigenvalue weighted by Gasteiger charge is 2.19. The number of halogens is 2. The minimum atomic E-state index is -0.235. The molecule has 0 amide bonds. The van der Waals surface area contributed by atoms with E-state index in [0.717, 1.165) is 0 Å². The third-order valence-corrected chi connectivity index (χ3v) is 4.24. The smallest absolute Gasteiger partial charge is 0.194 e. The van der Waals surface area contributed by atoms with Crippen molar-refractivity contribution in [1.82, 2.24) is 0 Å². The summed E-state index contributed by atoms with van der Waals surface area (Å²) in [6, 6.07) is 20.5. The van der Waals surface area contributed by atoms with Crippen molar-refractivity contribution in [3.8, 4) is 0 Å². The number of hydrogen-bond acceptors (Lipinski definition) is 2. The summed E-state index contributed by atoms with van der Waals surface area (Å²) in [5.74, 6) is -0.470. The topological polar surface area (TPSA) is 34.1 Å². The van der Waals surface area contributed by atoms with Crippen molar-refractivity contribution in [2.45, 2.75) is 0 Å². The van der Waals surface area contributed by atoms with E-state index >= 15 is 0 Å². The van der Waals surface area contributed by atoms with Crippen molar-refractivity contribution in [3.63, 3.8) is 0 Å². The summed E-state index contributed by atoms with van der Waals surface area (Å²) in [5, 5.41) is 0.403. The predicted octanol–water partition coefficient (Wildman–Crippen LogP) is 5.46. The molecule has 0 radical (unpaired) electrons. The zero-order valence-electron chi connectivity index (χ0n) is 12.5. The first-order chi connectivity index (χ1) is 11.6. The Morgan fingerprint density at radius 1 is 0.583 bits per heavy atom. The van der Waals surface area contributed by atoms with E-state index < -0.39 is 0 Å². The summed E-state index contributed by atoms with van der Waals surface area (Å²) in [5.41, 5.74) is 1.57. The molecule has 0 aliphatic rings. The number of hydrogen-bond donors (Lipinski definition) is 0. The molecule has 3 aromatic rings. The summed E-state index contributed by atoms with van der Waals surface area (Å²) >= 11 is 12.5. The fourth-order valence-electron chi connectivity index (χ4n) is 2.38. The van der Waals surface area contributed by atoms with E-state index in [1.54, 1.807) is 48.5 Å². The van der Waals surface area contributed by atoms with Crippen molar-refractivity contribution in [3.05, 3.63) is 105 Å². The molecule has 0 unspecified atom stereocenters. The second-order valence-electron chi connectivity index (χ2n) is 5.20. The number of ketones is 2. The van der Waals surface area contributed by atoms with Crippen LogP contribution in [-0.2, 0) is 0 Å². The Kier molecular flexibility index (Phi) is 4.79. The molecule has 4 heteroatoms. The van der Waals surface area contributed by atoms with Crippen molar-refractivity contribution < 1.29 is 9.59 Å². The maximum absolute atomic E-state index is 12.5. The maximum atomic E-state index is 12.5. The van der Waals surface area contributed by atoms with Crippen LogP contribution in [0.1, 0.15) is 31.8 Å². The van der Waals surface area contributed by atoms with Gasteiger partial charge < -0.3 is 0 Å². The molecule has 0 fully saturated rings. The van der Waals surface area contributed by atoms with Crippen molar-refractivity contribution in [2.24, 2.45) is 0 Å². The number of rotatable bonds is 4. The molecule has 0 bridgehead atoms. The summed E-state index contributed by atoms with van der Waals surface area (Å²) in [4.78, 5) is 25.1. The zero-order chi connectivity index (χ0) is 17.1. The fourth-order valence-corrected chi connectivity index (χ4v) is 2.88. The van der Waals surface area contributed by atoms with Gasteiger partial charge in [0.2, 0.25) is 0 Å². The van der Waals surface area contributed by atoms with Gasteiger partial charge in [0.15, 0.2) is 11.6 Å². The summed E-state index contributed by atoms with van der Waals surface area (Å²) in [7, 11) is 0. The second-order valence-corrected chi connectivity index (χ2v) is 6.02. The molecule has 0 atom stereocenters. The molecule has 0 saturated carbocycles. The Balaban J connectivity index is 2.01. The lowest BCUT2D eigenvalue weighted by Crippen LogP contribution is -2.06. The second kappa shape index (κ2) is 7.00. The standard InChI is InChI=1S/C20H12Cl2O2/c21-17-12-16(20(24)14-9-5-2-6-10-14)18(22)11-15(17)19(23)13-7-3-1-4-8-13/h1-12H. The van der Waals surface area contributed by atoms with E-state index in [1.807, 2.05) is 12.1 Å². The van der Waals surface area contributed by atoms with Gasteiger partial charge in [-0.15, -0.1) is 0 Å². The lowest BCUT2D eigenvalue weighted by atomic mass is 9.98. The first kappa shape index (κ1) is 16.4. The Labute approximate surface area is 149 Å². The van der Waals surface area contributed by atoms with Gasteiger partial charge in [-0.3, -0.25) is 9.59 Å². The molecule has 0 aliphatic heterocycles. The van der Waals surface area contributed by atoms with Gasteiger partial charge in [0.25, 0.3) is 0 Å². The van der Waals surface area contributed by atoms with Crippen LogP contribution in [0.25, 0.3) is 0 Å². The Hall–Kier alpha value is -2.42. The number of benzene rings is 3. The molecule has 0 heterocycles. The highest BCUT2D eigenvalue weighted by atomic mass is 35.5. The highest BCUT2D eigenvalue weighted by Crippen LogP contribution is 2.29. The molecule has 0 spiro atoms. The quantitative estimate of drug-likeness (QED) is 0.583. The Bertz CT molecular complexity index is 826. The minimum absolute atomic E-state index is 0.201. The van der Waals surface area contributed by atoms with Gasteiger partial charge in [-0.1, -0.05) is 83.9 Å². The first-order valence-corrected chi connectivity index (χ1v) is 8.02. The monoisotopic (exact) mass is 354 g/mol. The Morgan fingerprint density at radius 2 is 0.917 bits per heavy atom. The largest absolute Gasteiger partial charge is 0.289 e. The van der Waals surface area contributed by atoms with Crippen LogP contribution in [0.2, 0.25) is 10.0 Å². The van der Waals surface area contributed by atoms with Gasteiger partial charge in [-0.05, 0) is 12.1 Å². The molecule has 0 aromatic heterocycles. The molecule has 0 N–H and O–H groups in total. The lowest BCUT2D eigenvalue weighted by molar-refractivity contribution is 0.102. The zero-order valence-corrected chi connectivity index (χ0v) is 14.0. The molecular weight excluding hydrogens is 343 g/mol. The van der Waals surface area contributed by atoms with Crippen LogP contribution in [0.4, 0.5) is 0 Å². The Morgan fingerprint density at radius 3 is 1.25 bits per heavy atom. The third kappa shape index (κ3) is 3.25. The van der Waals surface area contributed by atoms with Gasteiger partial charge in [0.1, 0.15) is 0 Å². The van der Waals surface area contributed by atoms with Crippen molar-refractivity contribution in [1.29, 1.82) is 0 Å². The van der Waals surface area contributed by atoms with E-state index in [4.69, 9.17) is 23.2 Å². The van der Waals surface area contributed by atoms with E-state index in [0.29, 0.717) is 11.1 Å². The summed E-state index contributed by atoms with van der Waals surface area (Å²) in [6.07, 6.45) is 0. The molecular formula is C20H12Cl2O2. The average Bonchev–Trinajstić information content (AvgIpc) is 2.63. The van der Waals surface area contributed by atoms with Crippen LogP contribution in [0.15, 0.2) is 72.8 Å². The van der Waals surface area contributed by atoms with Gasteiger partial charge in [-0.2, -0.15) is 0 Å². The molecule has 3 rings (SSSR count). The van der Waals surface area contributed by atoms with Gasteiger partial charge in [0.05, 0.1) is 10.0 Å². The van der Waals surface area contributed by atoms with Gasteiger partial charge >= 0.3 is 0 Å². The van der Waals surface area contributed by atoms with Gasteiger partial charge in [-0.25, -0.2) is 0 Å². The van der Waals surface area contributed by atoms with Crippen LogP contribution in [-0.4, -0.2) is 11.6 Å². The fraction of sp³-hybridized carbons (Fsp3) is 0. The first-order valence-electron chi connectivity index (χ1n) is 7.26. The van der Waals surface area contributed by atoms with E-state index in [2.05, 4.69) is 0 Å². The molecule has 24 heavy (non-hydrogen) atoms. The van der Waals surface area contributed by atoms with Crippen LogP contribution < -0.4 is 0 Å². The van der Waals surface area contributed by atoms with Crippen LogP contribution in [0.3, 0.4) is 0 Å². The normalized spacial score (nSPS) is 10.4. The van der Waals surface area contributed by atoms with Crippen molar-refractivity contribution >= 4 is 34.8 Å². The molecule has 3 aromatic carbocycles. The van der Waals surface area contributed by atoms with Crippen LogP contribution >= 0.6 is 23.2 Å². The predicted molar refractivity (Wildman–Crippen MR) is 96.2 cm³/mol. The van der Waals surface area contributed by atoms with E-state index in [1.165, 1.54) is 12.1 Å². The molecule has 0 saturated heterocycles. The van der Waals surface area contributed by atoms with E-state index in [-0.39, 0.29) is 32.7 Å². The third-order valence-electron chi connectivity index (χ3n) is 3.62. The van der Waals surface area contributed by atoms with Gasteiger partial charge in [0, 0.05) is 22.3 Å². The van der Waals surface area contributed by atoms with Crippen LogP contribution in [0, 0.1) is 0 Å². The molecule has 0 aliphatic carbocycles. The summed E-state index contributed by atoms with van der Waals surface area (Å²) in [6.45, 7) is 0. The number of carbonyl (C=O) groups is 2. The van der Waals surface area contributed by atoms with E-state index in [9.17, 15) is 9.59 Å².